The number of benzene rings is 1. The van der Waals surface area contributed by atoms with Crippen molar-refractivity contribution in [2.24, 2.45) is 11.7 Å². The van der Waals surface area contributed by atoms with Crippen LogP contribution >= 0.6 is 27.5 Å². The van der Waals surface area contributed by atoms with Crippen molar-refractivity contribution in [3.8, 4) is 0 Å². The molecule has 1 amide bonds. The van der Waals surface area contributed by atoms with Gasteiger partial charge in [-0.25, -0.2) is 0 Å². The third-order valence-corrected chi connectivity index (χ3v) is 3.96. The Hall–Kier alpha value is -0.580. The Labute approximate surface area is 114 Å². The van der Waals surface area contributed by atoms with E-state index in [0.717, 1.165) is 24.0 Å². The van der Waals surface area contributed by atoms with Crippen molar-refractivity contribution in [3.63, 3.8) is 0 Å². The van der Waals surface area contributed by atoms with E-state index in [1.54, 1.807) is 18.2 Å². The summed E-state index contributed by atoms with van der Waals surface area (Å²) in [5.74, 6) is 0.481. The first-order chi connectivity index (χ1) is 8.11. The van der Waals surface area contributed by atoms with Crippen LogP contribution in [-0.2, 0) is 0 Å². The molecule has 1 fully saturated rings. The monoisotopic (exact) mass is 316 g/mol. The molecule has 0 aromatic heterocycles. The fourth-order valence-corrected chi connectivity index (χ4v) is 2.90. The molecule has 0 spiro atoms. The Morgan fingerprint density at radius 3 is 2.94 bits per heavy atom. The van der Waals surface area contributed by atoms with Gasteiger partial charge in [-0.3, -0.25) is 4.79 Å². The Balaban J connectivity index is 2.15. The summed E-state index contributed by atoms with van der Waals surface area (Å²) < 4.78 is 0.742. The van der Waals surface area contributed by atoms with Crippen molar-refractivity contribution in [1.29, 1.82) is 0 Å². The summed E-state index contributed by atoms with van der Waals surface area (Å²) in [6.45, 7) is 2.19. The van der Waals surface area contributed by atoms with Crippen molar-refractivity contribution < 1.29 is 4.79 Å². The average molecular weight is 318 g/mol. The molecule has 2 N–H and O–H groups in total. The van der Waals surface area contributed by atoms with Gasteiger partial charge in [0.25, 0.3) is 5.91 Å². The first kappa shape index (κ1) is 12.9. The van der Waals surface area contributed by atoms with Gasteiger partial charge in [0.1, 0.15) is 0 Å². The normalized spacial score (nSPS) is 19.7. The highest BCUT2D eigenvalue weighted by molar-refractivity contribution is 9.10. The highest BCUT2D eigenvalue weighted by Crippen LogP contribution is 2.25. The zero-order valence-corrected chi connectivity index (χ0v) is 11.7. The highest BCUT2D eigenvalue weighted by atomic mass is 79.9. The number of nitrogens with two attached hydrogens (primary N) is 1. The number of hydrogen-bond acceptors (Lipinski definition) is 2. The largest absolute Gasteiger partial charge is 0.338 e. The lowest BCUT2D eigenvalue weighted by Crippen LogP contribution is -2.30. The van der Waals surface area contributed by atoms with Crippen molar-refractivity contribution >= 4 is 33.4 Å². The minimum Gasteiger partial charge on any atom is -0.338 e. The van der Waals surface area contributed by atoms with Crippen molar-refractivity contribution in [1.82, 2.24) is 4.90 Å². The molecule has 1 aromatic rings. The summed E-state index contributed by atoms with van der Waals surface area (Å²) in [5, 5.41) is 0.620. The standard InChI is InChI=1S/C12H14BrClN2O/c13-11-5-9(14)1-2-10(11)12(17)16-4-3-8(6-15)7-16/h1-2,5,8H,3-4,6-7,15H2/t8-/m1/s1. The van der Waals surface area contributed by atoms with Gasteiger partial charge in [0, 0.05) is 22.6 Å². The van der Waals surface area contributed by atoms with Crippen molar-refractivity contribution in [3.05, 3.63) is 33.3 Å². The Morgan fingerprint density at radius 2 is 2.35 bits per heavy atom. The third-order valence-electron chi connectivity index (χ3n) is 3.07. The zero-order valence-electron chi connectivity index (χ0n) is 9.33. The van der Waals surface area contributed by atoms with E-state index in [0.29, 0.717) is 23.0 Å². The van der Waals surface area contributed by atoms with E-state index >= 15 is 0 Å². The van der Waals surface area contributed by atoms with Gasteiger partial charge in [0.15, 0.2) is 0 Å². The van der Waals surface area contributed by atoms with E-state index in [1.165, 1.54) is 0 Å². The number of rotatable bonds is 2. The smallest absolute Gasteiger partial charge is 0.255 e. The summed E-state index contributed by atoms with van der Waals surface area (Å²) in [5.41, 5.74) is 6.28. The van der Waals surface area contributed by atoms with E-state index in [-0.39, 0.29) is 5.91 Å². The predicted molar refractivity (Wildman–Crippen MR) is 72.2 cm³/mol. The summed E-state index contributed by atoms with van der Waals surface area (Å²) in [4.78, 5) is 14.1. The van der Waals surface area contributed by atoms with Gasteiger partial charge in [0.2, 0.25) is 0 Å². The number of amides is 1. The Bertz CT molecular complexity index is 439. The fourth-order valence-electron chi connectivity index (χ4n) is 2.04. The molecule has 2 rings (SSSR count). The van der Waals surface area contributed by atoms with E-state index < -0.39 is 0 Å². The lowest BCUT2D eigenvalue weighted by Gasteiger charge is -2.17. The van der Waals surface area contributed by atoms with Crippen LogP contribution in [0.25, 0.3) is 0 Å². The van der Waals surface area contributed by atoms with Gasteiger partial charge < -0.3 is 10.6 Å². The second-order valence-electron chi connectivity index (χ2n) is 4.27. The molecule has 0 unspecified atom stereocenters. The molecule has 0 saturated carbocycles. The summed E-state index contributed by atoms with van der Waals surface area (Å²) in [6.07, 6.45) is 0.994. The molecule has 1 atom stereocenters. The minimum atomic E-state index is 0.0458. The number of carbonyl (C=O) groups excluding carboxylic acids is 1. The molecule has 1 heterocycles. The SMILES string of the molecule is NC[C@H]1CCN(C(=O)c2ccc(Cl)cc2Br)C1. The molecule has 1 aromatic carbocycles. The maximum atomic E-state index is 12.3. The van der Waals surface area contributed by atoms with Gasteiger partial charge in [-0.1, -0.05) is 11.6 Å². The van der Waals surface area contributed by atoms with Crippen LogP contribution in [0.4, 0.5) is 0 Å². The molecule has 0 bridgehead atoms. The third kappa shape index (κ3) is 2.81. The average Bonchev–Trinajstić information content (AvgIpc) is 2.76. The molecule has 1 aliphatic heterocycles. The van der Waals surface area contributed by atoms with Crippen LogP contribution < -0.4 is 5.73 Å². The van der Waals surface area contributed by atoms with Gasteiger partial charge in [-0.15, -0.1) is 0 Å². The fraction of sp³-hybridized carbons (Fsp3) is 0.417. The van der Waals surface area contributed by atoms with Crippen LogP contribution in [-0.4, -0.2) is 30.4 Å². The molecule has 92 valence electrons. The van der Waals surface area contributed by atoms with Crippen molar-refractivity contribution in [2.75, 3.05) is 19.6 Å². The highest BCUT2D eigenvalue weighted by Gasteiger charge is 2.26. The van der Waals surface area contributed by atoms with Crippen LogP contribution in [0, 0.1) is 5.92 Å². The maximum Gasteiger partial charge on any atom is 0.255 e. The van der Waals surface area contributed by atoms with E-state index in [4.69, 9.17) is 17.3 Å². The number of nitrogens with zero attached hydrogens (tertiary/aromatic N) is 1. The summed E-state index contributed by atoms with van der Waals surface area (Å²) in [6, 6.07) is 5.23. The lowest BCUT2D eigenvalue weighted by molar-refractivity contribution is 0.0787. The zero-order chi connectivity index (χ0) is 12.4. The molecule has 17 heavy (non-hydrogen) atoms. The van der Waals surface area contributed by atoms with E-state index in [1.807, 2.05) is 4.90 Å². The van der Waals surface area contributed by atoms with Crippen LogP contribution in [0.5, 0.6) is 0 Å². The first-order valence-corrected chi connectivity index (χ1v) is 6.73. The molecule has 0 aliphatic carbocycles. The Morgan fingerprint density at radius 1 is 1.59 bits per heavy atom. The molecular weight excluding hydrogens is 304 g/mol. The van der Waals surface area contributed by atoms with E-state index in [9.17, 15) is 4.79 Å². The van der Waals surface area contributed by atoms with Crippen LogP contribution in [0.3, 0.4) is 0 Å². The quantitative estimate of drug-likeness (QED) is 0.911. The number of carbonyl (C=O) groups is 1. The predicted octanol–water partition coefficient (Wildman–Crippen LogP) is 2.52. The summed E-state index contributed by atoms with van der Waals surface area (Å²) in [7, 11) is 0. The number of halogens is 2. The first-order valence-electron chi connectivity index (χ1n) is 5.56. The topological polar surface area (TPSA) is 46.3 Å². The van der Waals surface area contributed by atoms with Gasteiger partial charge >= 0.3 is 0 Å². The van der Waals surface area contributed by atoms with Crippen molar-refractivity contribution in [2.45, 2.75) is 6.42 Å². The van der Waals surface area contributed by atoms with Crippen LogP contribution in [0.15, 0.2) is 22.7 Å². The second kappa shape index (κ2) is 5.38. The van der Waals surface area contributed by atoms with E-state index in [2.05, 4.69) is 15.9 Å². The summed E-state index contributed by atoms with van der Waals surface area (Å²) >= 11 is 9.23. The van der Waals surface area contributed by atoms with Gasteiger partial charge in [-0.05, 0) is 53.0 Å². The molecule has 1 saturated heterocycles. The molecule has 1 aliphatic rings. The number of likely N-dealkylation sites (tertiary alicyclic amines) is 1. The Kier molecular flexibility index (Phi) is 4.07. The maximum absolute atomic E-state index is 12.3. The van der Waals surface area contributed by atoms with Gasteiger partial charge in [-0.2, -0.15) is 0 Å². The molecule has 3 nitrogen and oxygen atoms in total. The number of hydrogen-bond donors (Lipinski definition) is 1. The molecule has 0 radical (unpaired) electrons. The van der Waals surface area contributed by atoms with Crippen LogP contribution in [0.1, 0.15) is 16.8 Å². The minimum absolute atomic E-state index is 0.0458. The van der Waals surface area contributed by atoms with Crippen LogP contribution in [0.2, 0.25) is 5.02 Å². The second-order valence-corrected chi connectivity index (χ2v) is 5.56. The molecule has 5 heteroatoms. The molecular formula is C12H14BrClN2O. The lowest BCUT2D eigenvalue weighted by atomic mass is 10.1. The van der Waals surface area contributed by atoms with Gasteiger partial charge in [0.05, 0.1) is 5.56 Å².